The lowest BCUT2D eigenvalue weighted by molar-refractivity contribution is -0.130. The molecule has 0 fully saturated rings. The number of carboxylic acid groups (broad SMARTS) is 2. The molecule has 18 heteroatoms. The monoisotopic (exact) mass is 632 g/mol. The Morgan fingerprint density at radius 3 is 1.79 bits per heavy atom. The van der Waals surface area contributed by atoms with Crippen LogP contribution in [0.1, 0.15) is 0 Å². The van der Waals surface area contributed by atoms with Crippen LogP contribution in [0.3, 0.4) is 0 Å². The van der Waals surface area contributed by atoms with Crippen LogP contribution in [-0.4, -0.2) is 76.8 Å². The second-order valence-corrected chi connectivity index (χ2v) is 11.6. The van der Waals surface area contributed by atoms with Crippen molar-refractivity contribution >= 4 is 60.9 Å². The molecule has 2 aliphatic heterocycles. The fourth-order valence-corrected chi connectivity index (χ4v) is 4.91. The first-order valence-corrected chi connectivity index (χ1v) is 14.6. The van der Waals surface area contributed by atoms with Gasteiger partial charge < -0.3 is 15.3 Å². The first-order valence-electron chi connectivity index (χ1n) is 11.8. The highest BCUT2D eigenvalue weighted by atomic mass is 32.2. The number of hydrogen-bond acceptors (Lipinski definition) is 11. The van der Waals surface area contributed by atoms with E-state index in [0.29, 0.717) is 0 Å². The Labute approximate surface area is 243 Å². The van der Waals surface area contributed by atoms with Crippen molar-refractivity contribution in [1.29, 1.82) is 0 Å². The number of carboxylic acids is 2. The molecule has 0 aromatic heterocycles. The zero-order valence-corrected chi connectivity index (χ0v) is 23.0. The highest BCUT2D eigenvalue weighted by Crippen LogP contribution is 2.29. The van der Waals surface area contributed by atoms with Crippen molar-refractivity contribution in [2.24, 2.45) is 16.1 Å². The van der Waals surface area contributed by atoms with Gasteiger partial charge >= 0.3 is 11.9 Å². The summed E-state index contributed by atoms with van der Waals surface area (Å²) in [7, 11) is -8.98. The zero-order valence-electron chi connectivity index (χ0n) is 21.4. The van der Waals surface area contributed by atoms with Crippen molar-refractivity contribution in [2.45, 2.75) is 16.0 Å². The van der Waals surface area contributed by atoms with Gasteiger partial charge in [-0.15, -0.1) is 0 Å². The molecule has 2 aromatic carbocycles. The number of anilines is 2. The predicted octanol–water partition coefficient (Wildman–Crippen LogP) is 0.901. The molecule has 2 atom stereocenters. The number of hydrazone groups is 2. The number of amides is 1. The van der Waals surface area contributed by atoms with E-state index in [2.05, 4.69) is 10.2 Å². The number of carbonyl (C=O) groups excluding carboxylic acids is 1. The summed E-state index contributed by atoms with van der Waals surface area (Å²) in [6, 6.07) is 8.80. The van der Waals surface area contributed by atoms with E-state index in [0.717, 1.165) is 52.5 Å². The number of nitrogens with zero attached hydrogens (tertiary/aromatic N) is 4. The highest BCUT2D eigenvalue weighted by molar-refractivity contribution is 7.86. The molecule has 0 bridgehead atoms. The van der Waals surface area contributed by atoms with E-state index in [1.807, 2.05) is 0 Å². The third kappa shape index (κ3) is 6.58. The molecule has 4 rings (SSSR count). The quantitative estimate of drug-likeness (QED) is 0.147. The Balaban J connectivity index is 1.52. The van der Waals surface area contributed by atoms with Gasteiger partial charge in [-0.2, -0.15) is 32.0 Å². The first kappa shape index (κ1) is 30.9. The van der Waals surface area contributed by atoms with Gasteiger partial charge in [-0.25, -0.2) is 14.6 Å². The summed E-state index contributed by atoms with van der Waals surface area (Å²) in [6.07, 6.45) is 4.79. The second kappa shape index (κ2) is 11.7. The maximum Gasteiger partial charge on any atom is 0.357 e. The molecule has 16 nitrogen and oxygen atoms in total. The Morgan fingerprint density at radius 2 is 1.30 bits per heavy atom. The molecule has 2 aromatic rings. The van der Waals surface area contributed by atoms with Gasteiger partial charge in [-0.3, -0.25) is 13.9 Å². The van der Waals surface area contributed by atoms with Crippen molar-refractivity contribution in [3.63, 3.8) is 0 Å². The lowest BCUT2D eigenvalue weighted by atomic mass is 10.0. The molecule has 2 aliphatic rings. The molecule has 2 unspecified atom stereocenters. The van der Waals surface area contributed by atoms with Crippen molar-refractivity contribution in [2.75, 3.05) is 10.0 Å². The number of carbonyl (C=O) groups is 3. The molecule has 2 heterocycles. The van der Waals surface area contributed by atoms with Gasteiger partial charge in [0.05, 0.1) is 32.7 Å². The van der Waals surface area contributed by atoms with Gasteiger partial charge in [0.15, 0.2) is 17.7 Å². The lowest BCUT2D eigenvalue weighted by Gasteiger charge is -2.21. The second-order valence-electron chi connectivity index (χ2n) is 8.73. The van der Waals surface area contributed by atoms with Crippen LogP contribution in [0.15, 0.2) is 104 Å². The third-order valence-electron chi connectivity index (χ3n) is 5.98. The van der Waals surface area contributed by atoms with Crippen LogP contribution in [0, 0.1) is 5.92 Å². The molecule has 43 heavy (non-hydrogen) atoms. The Morgan fingerprint density at radius 1 is 0.767 bits per heavy atom. The van der Waals surface area contributed by atoms with Crippen molar-refractivity contribution < 1.29 is 55.6 Å². The summed E-state index contributed by atoms with van der Waals surface area (Å²) >= 11 is 0. The fraction of sp³-hybridized carbons (Fsp3) is 0.0800. The van der Waals surface area contributed by atoms with Crippen LogP contribution in [0.4, 0.5) is 11.4 Å². The molecule has 0 saturated carbocycles. The number of aliphatic hydroxyl groups is 1. The number of rotatable bonds is 9. The normalized spacial score (nSPS) is 20.3. The summed E-state index contributed by atoms with van der Waals surface area (Å²) < 4.78 is 63.2. The predicted molar refractivity (Wildman–Crippen MR) is 148 cm³/mol. The van der Waals surface area contributed by atoms with Gasteiger partial charge in [-0.05, 0) is 54.6 Å². The zero-order chi connectivity index (χ0) is 31.7. The average molecular weight is 633 g/mol. The number of aliphatic carboxylic acids is 2. The van der Waals surface area contributed by atoms with Crippen LogP contribution in [-0.2, 0) is 34.6 Å². The molecule has 5 N–H and O–H groups in total. The minimum absolute atomic E-state index is 0.0244. The minimum atomic E-state index is -4.50. The largest absolute Gasteiger partial charge is 0.477 e. The SMILES string of the molecule is O=C(O)C1=NN(c2ccc(S(=O)(=O)O)cc2)C(=O)\C1=C/C=C/C=C/C1C(C(=O)O)=NN(c2ccc(S(=O)(=O)O)cc2)C1O. The van der Waals surface area contributed by atoms with Gasteiger partial charge in [0.1, 0.15) is 0 Å². The van der Waals surface area contributed by atoms with E-state index in [9.17, 15) is 46.5 Å². The minimum Gasteiger partial charge on any atom is -0.477 e. The average Bonchev–Trinajstić information content (AvgIpc) is 3.44. The summed E-state index contributed by atoms with van der Waals surface area (Å²) in [6.45, 7) is 0. The molecule has 224 valence electrons. The van der Waals surface area contributed by atoms with Gasteiger partial charge in [0.2, 0.25) is 0 Å². The van der Waals surface area contributed by atoms with E-state index < -0.39 is 71.4 Å². The van der Waals surface area contributed by atoms with Crippen molar-refractivity contribution in [3.8, 4) is 0 Å². The van der Waals surface area contributed by atoms with E-state index in [4.69, 9.17) is 9.11 Å². The molecule has 0 aliphatic carbocycles. The van der Waals surface area contributed by atoms with E-state index in [1.54, 1.807) is 0 Å². The third-order valence-corrected chi connectivity index (χ3v) is 7.72. The van der Waals surface area contributed by atoms with Crippen LogP contribution in [0.5, 0.6) is 0 Å². The Hall–Kier alpha value is -5.01. The maximum atomic E-state index is 12.9. The van der Waals surface area contributed by atoms with Crippen molar-refractivity contribution in [3.05, 3.63) is 84.5 Å². The highest BCUT2D eigenvalue weighted by Gasteiger charge is 2.39. The fourth-order valence-electron chi connectivity index (χ4n) is 3.95. The van der Waals surface area contributed by atoms with E-state index >= 15 is 0 Å². The topological polar surface area (TPSA) is 252 Å². The van der Waals surface area contributed by atoms with Gasteiger partial charge in [-0.1, -0.05) is 24.3 Å². The van der Waals surface area contributed by atoms with Crippen LogP contribution in [0.25, 0.3) is 0 Å². The molecular formula is C25H20N4O12S2. The number of aliphatic hydroxyl groups excluding tert-OH is 1. The van der Waals surface area contributed by atoms with Crippen molar-refractivity contribution in [1.82, 2.24) is 0 Å². The summed E-state index contributed by atoms with van der Waals surface area (Å²) in [4.78, 5) is 35.4. The molecule has 1 amide bonds. The van der Waals surface area contributed by atoms with Gasteiger partial charge in [0.25, 0.3) is 26.1 Å². The lowest BCUT2D eigenvalue weighted by Crippen LogP contribution is -2.33. The molecule has 0 saturated heterocycles. The van der Waals surface area contributed by atoms with E-state index in [-0.39, 0.29) is 16.9 Å². The molecule has 0 radical (unpaired) electrons. The molecule has 0 spiro atoms. The summed E-state index contributed by atoms with van der Waals surface area (Å²) in [5, 5.41) is 39.1. The van der Waals surface area contributed by atoms with Crippen LogP contribution < -0.4 is 10.0 Å². The standard InChI is InChI=1S/C25H20N4O12S2/c30-22-18(20(24(32)33)26-28(22)14-6-10-16(11-7-14)42(36,37)38)4-2-1-3-5-19-21(25(34)35)27-29(23(19)31)15-8-12-17(13-9-15)43(39,40)41/h1-13,18,22,30H,(H,32,33)(H,34,35)(H,36,37,38)(H,39,40,41)/b3-1+,4-2+,19-5-. The number of benzene rings is 2. The first-order chi connectivity index (χ1) is 20.1. The molecular weight excluding hydrogens is 612 g/mol. The van der Waals surface area contributed by atoms with Crippen LogP contribution in [0.2, 0.25) is 0 Å². The summed E-state index contributed by atoms with van der Waals surface area (Å²) in [5.41, 5.74) is -1.23. The van der Waals surface area contributed by atoms with E-state index in [1.165, 1.54) is 36.4 Å². The maximum absolute atomic E-state index is 12.9. The van der Waals surface area contributed by atoms with Gasteiger partial charge in [0, 0.05) is 0 Å². The number of hydrogen-bond donors (Lipinski definition) is 5. The number of allylic oxidation sites excluding steroid dienone is 4. The Bertz CT molecular complexity index is 1860. The smallest absolute Gasteiger partial charge is 0.357 e. The van der Waals surface area contributed by atoms with Crippen LogP contribution >= 0.6 is 0 Å². The summed E-state index contributed by atoms with van der Waals surface area (Å²) in [5.74, 6) is -4.99. The Kier molecular flexibility index (Phi) is 8.42.